The van der Waals surface area contributed by atoms with Crippen LogP contribution in [0.5, 0.6) is 0 Å². The van der Waals surface area contributed by atoms with E-state index in [1.165, 1.54) is 6.92 Å². The summed E-state index contributed by atoms with van der Waals surface area (Å²) in [4.78, 5) is 22.9. The Labute approximate surface area is 71.2 Å². The molecule has 1 aliphatic rings. The molecule has 0 aliphatic heterocycles. The largest absolute Gasteiger partial charge is 0.481 e. The van der Waals surface area contributed by atoms with Crippen molar-refractivity contribution in [3.05, 3.63) is 0 Å². The van der Waals surface area contributed by atoms with Gasteiger partial charge in [-0.15, -0.1) is 0 Å². The molecular formula is C8H13NO3. The Bertz CT molecular complexity index is 208. The maximum absolute atomic E-state index is 10.8. The van der Waals surface area contributed by atoms with Crippen molar-refractivity contribution in [2.45, 2.75) is 25.8 Å². The zero-order valence-corrected chi connectivity index (χ0v) is 7.28. The van der Waals surface area contributed by atoms with Gasteiger partial charge in [0.1, 0.15) is 0 Å². The Morgan fingerprint density at radius 3 is 2.25 bits per heavy atom. The van der Waals surface area contributed by atoms with Gasteiger partial charge in [-0.3, -0.25) is 9.59 Å². The molecule has 0 unspecified atom stereocenters. The van der Waals surface area contributed by atoms with Crippen LogP contribution in [0.25, 0.3) is 0 Å². The molecule has 1 fully saturated rings. The number of hydrogen-bond donors (Lipinski definition) is 1. The summed E-state index contributed by atoms with van der Waals surface area (Å²) in [6.07, 6.45) is 1.21. The zero-order chi connectivity index (χ0) is 9.30. The average molecular weight is 171 g/mol. The molecule has 0 saturated heterocycles. The van der Waals surface area contributed by atoms with E-state index in [4.69, 9.17) is 5.11 Å². The van der Waals surface area contributed by atoms with Gasteiger partial charge in [0.15, 0.2) is 0 Å². The molecule has 0 spiro atoms. The minimum absolute atomic E-state index is 0.00355. The molecule has 0 aromatic carbocycles. The zero-order valence-electron chi connectivity index (χ0n) is 7.28. The Balaban J connectivity index is 2.34. The summed E-state index contributed by atoms with van der Waals surface area (Å²) in [6.45, 7) is 1.49. The van der Waals surface area contributed by atoms with Crippen molar-refractivity contribution in [1.82, 2.24) is 4.90 Å². The van der Waals surface area contributed by atoms with Crippen LogP contribution >= 0.6 is 0 Å². The Morgan fingerprint density at radius 2 is 1.92 bits per heavy atom. The number of carboxylic acid groups (broad SMARTS) is 1. The Kier molecular flexibility index (Phi) is 2.35. The van der Waals surface area contributed by atoms with E-state index in [-0.39, 0.29) is 17.9 Å². The first kappa shape index (κ1) is 9.03. The normalized spacial score (nSPS) is 27.5. The highest BCUT2D eigenvalue weighted by Gasteiger charge is 2.37. The van der Waals surface area contributed by atoms with Crippen molar-refractivity contribution >= 4 is 11.9 Å². The van der Waals surface area contributed by atoms with E-state index in [0.717, 1.165) is 0 Å². The molecule has 4 nitrogen and oxygen atoms in total. The van der Waals surface area contributed by atoms with Crippen molar-refractivity contribution in [2.24, 2.45) is 5.92 Å². The monoisotopic (exact) mass is 171 g/mol. The number of rotatable bonds is 2. The van der Waals surface area contributed by atoms with Crippen LogP contribution in [-0.2, 0) is 9.59 Å². The number of amides is 1. The molecule has 0 radical (unpaired) electrons. The summed E-state index contributed by atoms with van der Waals surface area (Å²) >= 11 is 0. The number of aliphatic carboxylic acids is 1. The van der Waals surface area contributed by atoms with Crippen LogP contribution in [0.1, 0.15) is 19.8 Å². The van der Waals surface area contributed by atoms with Crippen molar-refractivity contribution in [2.75, 3.05) is 7.05 Å². The highest BCUT2D eigenvalue weighted by molar-refractivity contribution is 5.75. The molecule has 0 atom stereocenters. The lowest BCUT2D eigenvalue weighted by molar-refractivity contribution is -0.149. The highest BCUT2D eigenvalue weighted by atomic mass is 16.4. The molecule has 0 heterocycles. The van der Waals surface area contributed by atoms with Gasteiger partial charge < -0.3 is 10.0 Å². The summed E-state index contributed by atoms with van der Waals surface area (Å²) < 4.78 is 0. The number of carbonyl (C=O) groups is 2. The van der Waals surface area contributed by atoms with Gasteiger partial charge in [0.25, 0.3) is 0 Å². The minimum Gasteiger partial charge on any atom is -0.481 e. The van der Waals surface area contributed by atoms with Gasteiger partial charge in [0, 0.05) is 20.0 Å². The topological polar surface area (TPSA) is 57.6 Å². The second kappa shape index (κ2) is 3.13. The maximum atomic E-state index is 10.8. The van der Waals surface area contributed by atoms with E-state index >= 15 is 0 Å². The molecule has 1 amide bonds. The smallest absolute Gasteiger partial charge is 0.306 e. The third-order valence-electron chi connectivity index (χ3n) is 2.51. The maximum Gasteiger partial charge on any atom is 0.306 e. The van der Waals surface area contributed by atoms with Crippen molar-refractivity contribution in [3.8, 4) is 0 Å². The van der Waals surface area contributed by atoms with Gasteiger partial charge in [-0.1, -0.05) is 0 Å². The van der Waals surface area contributed by atoms with Gasteiger partial charge in [-0.25, -0.2) is 0 Å². The van der Waals surface area contributed by atoms with Crippen molar-refractivity contribution in [3.63, 3.8) is 0 Å². The van der Waals surface area contributed by atoms with Crippen molar-refractivity contribution in [1.29, 1.82) is 0 Å². The van der Waals surface area contributed by atoms with Crippen LogP contribution in [0.15, 0.2) is 0 Å². The SMILES string of the molecule is CC(=O)N(C)C1CC(C(=O)O)C1. The average Bonchev–Trinajstić information content (AvgIpc) is 1.82. The molecule has 1 saturated carbocycles. The van der Waals surface area contributed by atoms with E-state index in [0.29, 0.717) is 12.8 Å². The molecule has 1 N–H and O–H groups in total. The molecule has 1 aliphatic carbocycles. The highest BCUT2D eigenvalue weighted by Crippen LogP contribution is 2.31. The number of hydrogen-bond acceptors (Lipinski definition) is 2. The van der Waals surface area contributed by atoms with E-state index < -0.39 is 5.97 Å². The quantitative estimate of drug-likeness (QED) is 0.651. The molecule has 68 valence electrons. The van der Waals surface area contributed by atoms with Crippen LogP contribution < -0.4 is 0 Å². The van der Waals surface area contributed by atoms with E-state index in [1.807, 2.05) is 0 Å². The third-order valence-corrected chi connectivity index (χ3v) is 2.51. The van der Waals surface area contributed by atoms with E-state index in [9.17, 15) is 9.59 Å². The molecule has 0 aromatic heterocycles. The molecule has 12 heavy (non-hydrogen) atoms. The lowest BCUT2D eigenvalue weighted by atomic mass is 9.79. The summed E-state index contributed by atoms with van der Waals surface area (Å²) in [5.74, 6) is -0.983. The first-order valence-electron chi connectivity index (χ1n) is 3.98. The first-order chi connectivity index (χ1) is 5.52. The summed E-state index contributed by atoms with van der Waals surface area (Å²) in [6, 6.07) is 0.142. The third kappa shape index (κ3) is 1.57. The standard InChI is InChI=1S/C8H13NO3/c1-5(10)9(2)7-3-6(4-7)8(11)12/h6-7H,3-4H2,1-2H3,(H,11,12). The first-order valence-corrected chi connectivity index (χ1v) is 3.98. The lowest BCUT2D eigenvalue weighted by Gasteiger charge is -2.38. The summed E-state index contributed by atoms with van der Waals surface area (Å²) in [5.41, 5.74) is 0. The fourth-order valence-electron chi connectivity index (χ4n) is 1.36. The molecule has 0 aromatic rings. The minimum atomic E-state index is -0.747. The van der Waals surface area contributed by atoms with Crippen LogP contribution in [0.4, 0.5) is 0 Å². The number of nitrogens with zero attached hydrogens (tertiary/aromatic N) is 1. The van der Waals surface area contributed by atoms with Gasteiger partial charge in [-0.05, 0) is 12.8 Å². The molecule has 0 bridgehead atoms. The second-order valence-corrected chi connectivity index (χ2v) is 3.29. The van der Waals surface area contributed by atoms with Crippen LogP contribution in [0.2, 0.25) is 0 Å². The number of carbonyl (C=O) groups excluding carboxylic acids is 1. The second-order valence-electron chi connectivity index (χ2n) is 3.29. The Morgan fingerprint density at radius 1 is 1.42 bits per heavy atom. The van der Waals surface area contributed by atoms with Gasteiger partial charge >= 0.3 is 5.97 Å². The van der Waals surface area contributed by atoms with E-state index in [1.54, 1.807) is 11.9 Å². The van der Waals surface area contributed by atoms with Crippen molar-refractivity contribution < 1.29 is 14.7 Å². The summed E-state index contributed by atoms with van der Waals surface area (Å²) in [7, 11) is 1.71. The van der Waals surface area contributed by atoms with Gasteiger partial charge in [0.2, 0.25) is 5.91 Å². The fraction of sp³-hybridized carbons (Fsp3) is 0.750. The van der Waals surface area contributed by atoms with Crippen LogP contribution in [-0.4, -0.2) is 35.0 Å². The predicted molar refractivity (Wildman–Crippen MR) is 42.6 cm³/mol. The molecular weight excluding hydrogens is 158 g/mol. The molecule has 1 rings (SSSR count). The number of carboxylic acids is 1. The van der Waals surface area contributed by atoms with E-state index in [2.05, 4.69) is 0 Å². The Hall–Kier alpha value is -1.06. The summed E-state index contributed by atoms with van der Waals surface area (Å²) in [5, 5.41) is 8.57. The van der Waals surface area contributed by atoms with Crippen LogP contribution in [0.3, 0.4) is 0 Å². The van der Waals surface area contributed by atoms with Gasteiger partial charge in [-0.2, -0.15) is 0 Å². The lowest BCUT2D eigenvalue weighted by Crippen LogP contribution is -2.46. The molecule has 4 heteroatoms. The fourth-order valence-corrected chi connectivity index (χ4v) is 1.36. The van der Waals surface area contributed by atoms with Crippen LogP contribution in [0, 0.1) is 5.92 Å². The van der Waals surface area contributed by atoms with Gasteiger partial charge in [0.05, 0.1) is 5.92 Å². The predicted octanol–water partition coefficient (Wildman–Crippen LogP) is 0.328.